The second-order valence-electron chi connectivity index (χ2n) is 7.51. The fraction of sp³-hybridized carbons (Fsp3) is 0.364. The van der Waals surface area contributed by atoms with Gasteiger partial charge in [0.1, 0.15) is 0 Å². The molecule has 1 fully saturated rings. The molecule has 4 rings (SSSR count). The van der Waals surface area contributed by atoms with Crippen LogP contribution in [0.4, 0.5) is 5.13 Å². The van der Waals surface area contributed by atoms with Crippen molar-refractivity contribution < 1.29 is 4.79 Å². The molecule has 7 heteroatoms. The molecule has 1 saturated heterocycles. The summed E-state index contributed by atoms with van der Waals surface area (Å²) in [6, 6.07) is 11.8. The molecule has 0 bridgehead atoms. The van der Waals surface area contributed by atoms with Gasteiger partial charge in [-0.15, -0.1) is 0 Å². The van der Waals surface area contributed by atoms with Gasteiger partial charge in [-0.25, -0.2) is 4.98 Å². The molecular weight excluding hydrogens is 404 g/mol. The SMILES string of the molecule is Cc1ccc(C(=O)NCCN2CCN(c3nc4ccc(Cl)cc4s3)CC2)c(C)c1. The van der Waals surface area contributed by atoms with Gasteiger partial charge in [-0.2, -0.15) is 0 Å². The second-order valence-corrected chi connectivity index (χ2v) is 8.96. The van der Waals surface area contributed by atoms with Crippen LogP contribution in [0.2, 0.25) is 5.02 Å². The Balaban J connectivity index is 1.26. The van der Waals surface area contributed by atoms with Gasteiger partial charge in [-0.05, 0) is 43.7 Å². The summed E-state index contributed by atoms with van der Waals surface area (Å²) >= 11 is 7.78. The second kappa shape index (κ2) is 8.69. The third-order valence-corrected chi connectivity index (χ3v) is 6.64. The average molecular weight is 429 g/mol. The number of carbonyl (C=O) groups is 1. The molecule has 5 nitrogen and oxygen atoms in total. The Labute approximate surface area is 180 Å². The number of carbonyl (C=O) groups excluding carboxylic acids is 1. The van der Waals surface area contributed by atoms with Crippen molar-refractivity contribution in [1.82, 2.24) is 15.2 Å². The van der Waals surface area contributed by atoms with Crippen LogP contribution >= 0.6 is 22.9 Å². The van der Waals surface area contributed by atoms with Crippen molar-refractivity contribution in [2.75, 3.05) is 44.2 Å². The summed E-state index contributed by atoms with van der Waals surface area (Å²) in [4.78, 5) is 21.9. The molecule has 0 unspecified atom stereocenters. The first-order valence-corrected chi connectivity index (χ1v) is 11.1. The number of aryl methyl sites for hydroxylation is 2. The maximum Gasteiger partial charge on any atom is 0.251 e. The summed E-state index contributed by atoms with van der Waals surface area (Å²) < 4.78 is 1.13. The van der Waals surface area contributed by atoms with Crippen molar-refractivity contribution >= 4 is 44.2 Å². The molecule has 1 aromatic heterocycles. The Morgan fingerprint density at radius 1 is 1.14 bits per heavy atom. The minimum Gasteiger partial charge on any atom is -0.351 e. The lowest BCUT2D eigenvalue weighted by molar-refractivity contribution is 0.0947. The maximum absolute atomic E-state index is 12.4. The van der Waals surface area contributed by atoms with Crippen LogP contribution < -0.4 is 10.2 Å². The number of piperazine rings is 1. The van der Waals surface area contributed by atoms with E-state index in [-0.39, 0.29) is 5.91 Å². The van der Waals surface area contributed by atoms with Crippen LogP contribution in [0.5, 0.6) is 0 Å². The minimum absolute atomic E-state index is 0.00859. The Hall–Kier alpha value is -2.15. The van der Waals surface area contributed by atoms with E-state index in [2.05, 4.69) is 15.1 Å². The predicted octanol–water partition coefficient (Wildman–Crippen LogP) is 4.12. The molecule has 2 aromatic carbocycles. The molecular formula is C22H25ClN4OS. The Kier molecular flexibility index (Phi) is 6.04. The maximum atomic E-state index is 12.4. The molecule has 1 aliphatic heterocycles. The number of hydrogen-bond donors (Lipinski definition) is 1. The van der Waals surface area contributed by atoms with Gasteiger partial charge in [0.2, 0.25) is 0 Å². The van der Waals surface area contributed by atoms with Crippen LogP contribution in [-0.4, -0.2) is 55.1 Å². The number of nitrogens with one attached hydrogen (secondary N) is 1. The van der Waals surface area contributed by atoms with Crippen LogP contribution in [-0.2, 0) is 0 Å². The quantitative estimate of drug-likeness (QED) is 0.664. The fourth-order valence-electron chi connectivity index (χ4n) is 3.68. The molecule has 0 saturated carbocycles. The van der Waals surface area contributed by atoms with Crippen LogP contribution in [0.25, 0.3) is 10.2 Å². The van der Waals surface area contributed by atoms with E-state index in [0.29, 0.717) is 6.54 Å². The lowest BCUT2D eigenvalue weighted by atomic mass is 10.1. The highest BCUT2D eigenvalue weighted by Crippen LogP contribution is 2.31. The van der Waals surface area contributed by atoms with Gasteiger partial charge in [-0.1, -0.05) is 40.6 Å². The molecule has 29 heavy (non-hydrogen) atoms. The first kappa shape index (κ1) is 20.1. The molecule has 0 radical (unpaired) electrons. The smallest absolute Gasteiger partial charge is 0.251 e. The number of rotatable bonds is 5. The third kappa shape index (κ3) is 4.71. The largest absolute Gasteiger partial charge is 0.351 e. The van der Waals surface area contributed by atoms with Crippen molar-refractivity contribution in [1.29, 1.82) is 0 Å². The highest BCUT2D eigenvalue weighted by molar-refractivity contribution is 7.22. The first-order chi connectivity index (χ1) is 14.0. The van der Waals surface area contributed by atoms with Crippen LogP contribution in [0.1, 0.15) is 21.5 Å². The molecule has 2 heterocycles. The highest BCUT2D eigenvalue weighted by Gasteiger charge is 2.20. The number of benzene rings is 2. The molecule has 3 aromatic rings. The van der Waals surface area contributed by atoms with Crippen molar-refractivity contribution in [3.63, 3.8) is 0 Å². The van der Waals surface area contributed by atoms with E-state index in [9.17, 15) is 4.79 Å². The minimum atomic E-state index is 0.00859. The van der Waals surface area contributed by atoms with Gasteiger partial charge in [0.15, 0.2) is 5.13 Å². The van der Waals surface area contributed by atoms with Gasteiger partial charge in [0.25, 0.3) is 5.91 Å². The van der Waals surface area contributed by atoms with Crippen LogP contribution in [0, 0.1) is 13.8 Å². The summed E-state index contributed by atoms with van der Waals surface area (Å²) in [6.45, 7) is 9.37. The standard InChI is InChI=1S/C22H25ClN4OS/c1-15-3-5-18(16(2)13-15)21(28)24-7-8-26-9-11-27(12-10-26)22-25-19-6-4-17(23)14-20(19)29-22/h3-6,13-14H,7-12H2,1-2H3,(H,24,28). The summed E-state index contributed by atoms with van der Waals surface area (Å²) in [7, 11) is 0. The van der Waals surface area contributed by atoms with E-state index >= 15 is 0 Å². The van der Waals surface area contributed by atoms with Crippen molar-refractivity contribution in [2.45, 2.75) is 13.8 Å². The van der Waals surface area contributed by atoms with E-state index in [1.807, 2.05) is 50.2 Å². The number of aromatic nitrogens is 1. The zero-order valence-electron chi connectivity index (χ0n) is 16.7. The van der Waals surface area contributed by atoms with Crippen molar-refractivity contribution in [3.05, 3.63) is 58.1 Å². The normalized spacial score (nSPS) is 15.1. The predicted molar refractivity (Wildman–Crippen MR) is 122 cm³/mol. The van der Waals surface area contributed by atoms with Crippen molar-refractivity contribution in [2.24, 2.45) is 0 Å². The summed E-state index contributed by atoms with van der Waals surface area (Å²) in [5, 5.41) is 4.87. The lowest BCUT2D eigenvalue weighted by Gasteiger charge is -2.34. The third-order valence-electron chi connectivity index (χ3n) is 5.32. The number of fused-ring (bicyclic) bond motifs is 1. The number of amides is 1. The fourth-order valence-corrected chi connectivity index (χ4v) is 4.97. The zero-order chi connectivity index (χ0) is 20.4. The molecule has 0 aliphatic carbocycles. The summed E-state index contributed by atoms with van der Waals surface area (Å²) in [5.74, 6) is 0.00859. The number of thiazole rings is 1. The topological polar surface area (TPSA) is 48.5 Å². The number of anilines is 1. The molecule has 0 atom stereocenters. The molecule has 1 aliphatic rings. The first-order valence-electron chi connectivity index (χ1n) is 9.88. The number of nitrogens with zero attached hydrogens (tertiary/aromatic N) is 3. The Bertz CT molecular complexity index is 1030. The molecule has 152 valence electrons. The number of hydrogen-bond acceptors (Lipinski definition) is 5. The summed E-state index contributed by atoms with van der Waals surface area (Å²) in [5.41, 5.74) is 3.96. The van der Waals surface area contributed by atoms with E-state index < -0.39 is 0 Å². The Morgan fingerprint density at radius 3 is 2.69 bits per heavy atom. The van der Waals surface area contributed by atoms with E-state index in [1.54, 1.807) is 11.3 Å². The van der Waals surface area contributed by atoms with Gasteiger partial charge in [0, 0.05) is 49.9 Å². The van der Waals surface area contributed by atoms with Gasteiger partial charge in [-0.3, -0.25) is 9.69 Å². The van der Waals surface area contributed by atoms with Gasteiger partial charge < -0.3 is 10.2 Å². The van der Waals surface area contributed by atoms with Crippen LogP contribution in [0.3, 0.4) is 0 Å². The Morgan fingerprint density at radius 2 is 1.93 bits per heavy atom. The molecule has 1 N–H and O–H groups in total. The zero-order valence-corrected chi connectivity index (χ0v) is 18.3. The lowest BCUT2D eigenvalue weighted by Crippen LogP contribution is -2.48. The average Bonchev–Trinajstić information content (AvgIpc) is 3.11. The van der Waals surface area contributed by atoms with Gasteiger partial charge >= 0.3 is 0 Å². The van der Waals surface area contributed by atoms with E-state index in [0.717, 1.165) is 64.2 Å². The summed E-state index contributed by atoms with van der Waals surface area (Å²) in [6.07, 6.45) is 0. The van der Waals surface area contributed by atoms with E-state index in [1.165, 1.54) is 5.56 Å². The number of halogens is 1. The highest BCUT2D eigenvalue weighted by atomic mass is 35.5. The van der Waals surface area contributed by atoms with Crippen molar-refractivity contribution in [3.8, 4) is 0 Å². The van der Waals surface area contributed by atoms with Crippen LogP contribution in [0.15, 0.2) is 36.4 Å². The monoisotopic (exact) mass is 428 g/mol. The van der Waals surface area contributed by atoms with E-state index in [4.69, 9.17) is 16.6 Å². The van der Waals surface area contributed by atoms with Gasteiger partial charge in [0.05, 0.1) is 10.2 Å². The molecule has 1 amide bonds. The molecule has 0 spiro atoms.